The number of aryl methyl sites for hydroxylation is 2. The molecule has 0 aromatic carbocycles. The van der Waals surface area contributed by atoms with Crippen molar-refractivity contribution in [2.75, 3.05) is 33.7 Å². The van der Waals surface area contributed by atoms with Crippen LogP contribution in [0.15, 0.2) is 6.07 Å². The third kappa shape index (κ3) is 3.05. The van der Waals surface area contributed by atoms with E-state index in [0.717, 1.165) is 44.6 Å². The van der Waals surface area contributed by atoms with Gasteiger partial charge in [0, 0.05) is 52.5 Å². The van der Waals surface area contributed by atoms with Crippen molar-refractivity contribution in [3.63, 3.8) is 0 Å². The maximum absolute atomic E-state index is 12.6. The molecule has 132 valence electrons. The van der Waals surface area contributed by atoms with Gasteiger partial charge in [-0.05, 0) is 32.3 Å². The highest BCUT2D eigenvalue weighted by atomic mass is 16.2. The average Bonchev–Trinajstić information content (AvgIpc) is 3.09. The summed E-state index contributed by atoms with van der Waals surface area (Å²) in [6, 6.07) is 2.08. The van der Waals surface area contributed by atoms with Crippen molar-refractivity contribution in [2.24, 2.45) is 7.05 Å². The minimum atomic E-state index is -0.0196. The highest BCUT2D eigenvalue weighted by molar-refractivity contribution is 5.92. The first kappa shape index (κ1) is 17.0. The van der Waals surface area contributed by atoms with Crippen molar-refractivity contribution in [3.8, 4) is 0 Å². The van der Waals surface area contributed by atoms with E-state index in [4.69, 9.17) is 0 Å². The quantitative estimate of drug-likeness (QED) is 0.808. The zero-order valence-corrected chi connectivity index (χ0v) is 15.0. The van der Waals surface area contributed by atoms with E-state index in [-0.39, 0.29) is 23.9 Å². The molecule has 3 rings (SSSR count). The number of amides is 2. The van der Waals surface area contributed by atoms with E-state index >= 15 is 0 Å². The third-order valence-electron chi connectivity index (χ3n) is 5.54. The summed E-state index contributed by atoms with van der Waals surface area (Å²) in [5.74, 6) is 0.218. The molecule has 1 unspecified atom stereocenters. The Morgan fingerprint density at radius 3 is 2.38 bits per heavy atom. The molecule has 0 aliphatic carbocycles. The molecule has 0 saturated carbocycles. The number of piperidine rings is 1. The summed E-state index contributed by atoms with van der Waals surface area (Å²) in [7, 11) is 5.58. The minimum Gasteiger partial charge on any atom is -0.344 e. The molecule has 7 nitrogen and oxygen atoms in total. The Balaban J connectivity index is 1.58. The molecule has 2 fully saturated rings. The molecule has 1 aromatic heterocycles. The lowest BCUT2D eigenvalue weighted by molar-refractivity contribution is -0.131. The zero-order chi connectivity index (χ0) is 17.4. The molecule has 2 aliphatic heterocycles. The van der Waals surface area contributed by atoms with Gasteiger partial charge in [-0.2, -0.15) is 5.10 Å². The predicted molar refractivity (Wildman–Crippen MR) is 90.7 cm³/mol. The van der Waals surface area contributed by atoms with Crippen molar-refractivity contribution in [1.82, 2.24) is 24.5 Å². The van der Waals surface area contributed by atoms with Crippen LogP contribution in [0.1, 0.15) is 35.4 Å². The Hall–Kier alpha value is -1.89. The highest BCUT2D eigenvalue weighted by Gasteiger charge is 2.37. The lowest BCUT2D eigenvalue weighted by Gasteiger charge is -2.38. The number of aromatic nitrogens is 2. The summed E-state index contributed by atoms with van der Waals surface area (Å²) in [5, 5.41) is 4.29. The number of likely N-dealkylation sites (tertiary alicyclic amines) is 2. The second-order valence-corrected chi connectivity index (χ2v) is 7.04. The number of nitrogens with zero attached hydrogens (tertiary/aromatic N) is 5. The maximum atomic E-state index is 12.6. The molecule has 0 radical (unpaired) electrons. The minimum absolute atomic E-state index is 0.0196. The van der Waals surface area contributed by atoms with E-state index in [1.165, 1.54) is 0 Å². The predicted octanol–water partition coefficient (Wildman–Crippen LogP) is 0.496. The van der Waals surface area contributed by atoms with E-state index in [0.29, 0.717) is 5.69 Å². The summed E-state index contributed by atoms with van der Waals surface area (Å²) in [6.07, 6.45) is 2.73. The van der Waals surface area contributed by atoms with Crippen LogP contribution >= 0.6 is 0 Å². The first-order chi connectivity index (χ1) is 11.4. The van der Waals surface area contributed by atoms with Gasteiger partial charge in [-0.3, -0.25) is 19.2 Å². The number of likely N-dealkylation sites (N-methyl/N-ethyl adjacent to an activating group) is 1. The fraction of sp³-hybridized carbons (Fsp3) is 0.706. The second kappa shape index (κ2) is 6.55. The summed E-state index contributed by atoms with van der Waals surface area (Å²) in [4.78, 5) is 30.7. The van der Waals surface area contributed by atoms with Gasteiger partial charge in [0.2, 0.25) is 5.91 Å². The van der Waals surface area contributed by atoms with E-state index < -0.39 is 0 Å². The number of rotatable bonds is 3. The lowest BCUT2D eigenvalue weighted by atomic mass is 10.0. The summed E-state index contributed by atoms with van der Waals surface area (Å²) in [5.41, 5.74) is 1.48. The first-order valence-corrected chi connectivity index (χ1v) is 8.65. The topological polar surface area (TPSA) is 61.7 Å². The SMILES string of the molecule is Cc1cc(C(=O)N(C)C2CCN(C3CCN(C)C3=O)CC2)nn1C. The molecule has 0 N–H and O–H groups in total. The van der Waals surface area contributed by atoms with Crippen LogP contribution in [0.5, 0.6) is 0 Å². The maximum Gasteiger partial charge on any atom is 0.274 e. The van der Waals surface area contributed by atoms with Crippen molar-refractivity contribution in [1.29, 1.82) is 0 Å². The van der Waals surface area contributed by atoms with Crippen molar-refractivity contribution >= 4 is 11.8 Å². The highest BCUT2D eigenvalue weighted by Crippen LogP contribution is 2.23. The second-order valence-electron chi connectivity index (χ2n) is 7.04. The van der Waals surface area contributed by atoms with Crippen LogP contribution in [0, 0.1) is 6.92 Å². The Morgan fingerprint density at radius 2 is 1.88 bits per heavy atom. The van der Waals surface area contributed by atoms with Crippen LogP contribution in [0.3, 0.4) is 0 Å². The van der Waals surface area contributed by atoms with Crippen LogP contribution in [-0.2, 0) is 11.8 Å². The summed E-state index contributed by atoms with van der Waals surface area (Å²) in [6.45, 7) is 4.53. The number of hydrogen-bond donors (Lipinski definition) is 0. The van der Waals surface area contributed by atoms with Gasteiger partial charge < -0.3 is 9.80 Å². The van der Waals surface area contributed by atoms with Crippen molar-refractivity contribution in [2.45, 2.75) is 38.3 Å². The largest absolute Gasteiger partial charge is 0.344 e. The van der Waals surface area contributed by atoms with Gasteiger partial charge in [0.25, 0.3) is 5.91 Å². The van der Waals surface area contributed by atoms with Crippen LogP contribution in [0.25, 0.3) is 0 Å². The average molecular weight is 333 g/mol. The summed E-state index contributed by atoms with van der Waals surface area (Å²) >= 11 is 0. The molecule has 1 aromatic rings. The molecule has 0 spiro atoms. The van der Waals surface area contributed by atoms with E-state index in [1.807, 2.05) is 43.9 Å². The molecule has 0 bridgehead atoms. The van der Waals surface area contributed by atoms with Crippen LogP contribution in [-0.4, -0.2) is 82.1 Å². The fourth-order valence-electron chi connectivity index (χ4n) is 3.74. The van der Waals surface area contributed by atoms with Crippen molar-refractivity contribution in [3.05, 3.63) is 17.5 Å². The van der Waals surface area contributed by atoms with Gasteiger partial charge in [-0.15, -0.1) is 0 Å². The molecule has 2 aliphatic rings. The van der Waals surface area contributed by atoms with Crippen molar-refractivity contribution < 1.29 is 9.59 Å². The van der Waals surface area contributed by atoms with Gasteiger partial charge in [0.05, 0.1) is 6.04 Å². The monoisotopic (exact) mass is 333 g/mol. The van der Waals surface area contributed by atoms with E-state index in [2.05, 4.69) is 10.00 Å². The standard InChI is InChI=1S/C17H27N5O2/c1-12-11-14(18-21(12)4)16(23)20(3)13-5-9-22(10-6-13)15-7-8-19(2)17(15)24/h11,13,15H,5-10H2,1-4H3. The van der Waals surface area contributed by atoms with Crippen LogP contribution < -0.4 is 0 Å². The number of carbonyl (C=O) groups excluding carboxylic acids is 2. The molecular formula is C17H27N5O2. The molecule has 24 heavy (non-hydrogen) atoms. The molecule has 3 heterocycles. The van der Waals surface area contributed by atoms with E-state index in [9.17, 15) is 9.59 Å². The normalized spacial score (nSPS) is 23.1. The summed E-state index contributed by atoms with van der Waals surface area (Å²) < 4.78 is 1.73. The Labute approximate surface area is 143 Å². The third-order valence-corrected chi connectivity index (χ3v) is 5.54. The van der Waals surface area contributed by atoms with Gasteiger partial charge in [-0.1, -0.05) is 0 Å². The van der Waals surface area contributed by atoms with Gasteiger partial charge >= 0.3 is 0 Å². The molecular weight excluding hydrogens is 306 g/mol. The number of hydrogen-bond acceptors (Lipinski definition) is 4. The Kier molecular flexibility index (Phi) is 4.62. The number of carbonyl (C=O) groups is 2. The zero-order valence-electron chi connectivity index (χ0n) is 15.0. The van der Waals surface area contributed by atoms with E-state index in [1.54, 1.807) is 4.68 Å². The Morgan fingerprint density at radius 1 is 1.21 bits per heavy atom. The smallest absolute Gasteiger partial charge is 0.274 e. The molecule has 2 amide bonds. The van der Waals surface area contributed by atoms with Gasteiger partial charge in [0.1, 0.15) is 0 Å². The lowest BCUT2D eigenvalue weighted by Crippen LogP contribution is -2.50. The molecule has 7 heteroatoms. The van der Waals surface area contributed by atoms with Crippen LogP contribution in [0.4, 0.5) is 0 Å². The molecule has 2 saturated heterocycles. The Bertz CT molecular complexity index is 613. The van der Waals surface area contributed by atoms with Crippen LogP contribution in [0.2, 0.25) is 0 Å². The van der Waals surface area contributed by atoms with Gasteiger partial charge in [0.15, 0.2) is 5.69 Å². The first-order valence-electron chi connectivity index (χ1n) is 8.65. The fourth-order valence-corrected chi connectivity index (χ4v) is 3.74. The van der Waals surface area contributed by atoms with Gasteiger partial charge in [-0.25, -0.2) is 0 Å². The molecule has 1 atom stereocenters.